The normalized spacial score (nSPS) is 22.6. The van der Waals surface area contributed by atoms with Gasteiger partial charge in [0.15, 0.2) is 5.69 Å². The number of halogens is 2. The van der Waals surface area contributed by atoms with E-state index >= 15 is 0 Å². The van der Waals surface area contributed by atoms with Crippen LogP contribution in [-0.4, -0.2) is 64.0 Å². The number of imidazole rings is 1. The van der Waals surface area contributed by atoms with Gasteiger partial charge < -0.3 is 24.1 Å². The minimum atomic E-state index is -0.883. The van der Waals surface area contributed by atoms with E-state index in [2.05, 4.69) is 15.2 Å². The summed E-state index contributed by atoms with van der Waals surface area (Å²) in [6.07, 6.45) is 0.571. The lowest BCUT2D eigenvalue weighted by Crippen LogP contribution is -2.54. The fraction of sp³-hybridized carbons (Fsp3) is 0.560. The number of amides is 1. The molecule has 0 saturated carbocycles. The molecule has 2 aliphatic rings. The quantitative estimate of drug-likeness (QED) is 0.620. The molecule has 2 aromatic rings. The van der Waals surface area contributed by atoms with E-state index in [1.54, 1.807) is 33.9 Å². The highest BCUT2D eigenvalue weighted by atomic mass is 19.1. The van der Waals surface area contributed by atoms with E-state index in [1.165, 1.54) is 0 Å². The molecule has 3 atom stereocenters. The minimum absolute atomic E-state index is 0.0442. The van der Waals surface area contributed by atoms with E-state index in [4.69, 9.17) is 14.2 Å². The number of carbonyl (C=O) groups excluding carboxylic acids is 2. The van der Waals surface area contributed by atoms with E-state index in [9.17, 15) is 18.4 Å². The van der Waals surface area contributed by atoms with Crippen molar-refractivity contribution in [3.05, 3.63) is 53.1 Å². The van der Waals surface area contributed by atoms with Crippen molar-refractivity contribution in [1.82, 2.24) is 19.8 Å². The van der Waals surface area contributed by atoms with Gasteiger partial charge in [-0.2, -0.15) is 0 Å². The molecule has 0 radical (unpaired) electrons. The number of fused-ring (bicyclic) bond motifs is 1. The number of alkyl carbamates (subject to hydrolysis) is 1. The van der Waals surface area contributed by atoms with E-state index in [0.29, 0.717) is 26.1 Å². The summed E-state index contributed by atoms with van der Waals surface area (Å²) in [4.78, 5) is 31.2. The van der Waals surface area contributed by atoms with Crippen LogP contribution in [0.3, 0.4) is 0 Å². The molecule has 196 valence electrons. The molecular formula is C25H32F2N4O5. The van der Waals surface area contributed by atoms with Gasteiger partial charge in [-0.05, 0) is 52.3 Å². The summed E-state index contributed by atoms with van der Waals surface area (Å²) in [5.41, 5.74) is -0.415. The first-order valence-electron chi connectivity index (χ1n) is 12.1. The summed E-state index contributed by atoms with van der Waals surface area (Å²) in [6.45, 7) is 9.24. The molecule has 0 bridgehead atoms. The zero-order chi connectivity index (χ0) is 26.0. The van der Waals surface area contributed by atoms with E-state index in [1.807, 2.05) is 4.57 Å². The summed E-state index contributed by atoms with van der Waals surface area (Å²) in [5, 5.41) is 2.81. The number of hydrogen-bond donors (Lipinski definition) is 1. The molecule has 3 heterocycles. The zero-order valence-corrected chi connectivity index (χ0v) is 20.9. The van der Waals surface area contributed by atoms with Gasteiger partial charge in [-0.3, -0.25) is 4.90 Å². The molecule has 36 heavy (non-hydrogen) atoms. The molecule has 1 N–H and O–H groups in total. The molecule has 0 spiro atoms. The Bertz CT molecular complexity index is 1120. The highest BCUT2D eigenvalue weighted by Gasteiger charge is 2.39. The lowest BCUT2D eigenvalue weighted by molar-refractivity contribution is -0.0665. The van der Waals surface area contributed by atoms with Gasteiger partial charge in [0.25, 0.3) is 0 Å². The molecular weight excluding hydrogens is 474 g/mol. The highest BCUT2D eigenvalue weighted by molar-refractivity contribution is 5.87. The molecule has 9 nitrogen and oxygen atoms in total. The Morgan fingerprint density at radius 3 is 2.75 bits per heavy atom. The Balaban J connectivity index is 1.52. The average Bonchev–Trinajstić information content (AvgIpc) is 3.23. The summed E-state index contributed by atoms with van der Waals surface area (Å²) >= 11 is 0. The lowest BCUT2D eigenvalue weighted by atomic mass is 9.92. The van der Waals surface area contributed by atoms with E-state index < -0.39 is 41.4 Å². The van der Waals surface area contributed by atoms with Crippen LogP contribution < -0.4 is 5.32 Å². The van der Waals surface area contributed by atoms with Crippen molar-refractivity contribution in [3.8, 4) is 0 Å². The number of aromatic nitrogens is 2. The Hall–Kier alpha value is -3.05. The largest absolute Gasteiger partial charge is 0.461 e. The van der Waals surface area contributed by atoms with Crippen LogP contribution in [0, 0.1) is 11.6 Å². The molecule has 2 aliphatic heterocycles. The van der Waals surface area contributed by atoms with Gasteiger partial charge in [0.05, 0.1) is 25.8 Å². The van der Waals surface area contributed by atoms with Gasteiger partial charge in [0, 0.05) is 30.9 Å². The molecule has 0 aliphatic carbocycles. The summed E-state index contributed by atoms with van der Waals surface area (Å²) in [6, 6.07) is 2.40. The van der Waals surface area contributed by atoms with Gasteiger partial charge in [0.2, 0.25) is 0 Å². The van der Waals surface area contributed by atoms with Crippen LogP contribution in [0.1, 0.15) is 62.1 Å². The van der Waals surface area contributed by atoms with Crippen LogP contribution in [0.15, 0.2) is 24.4 Å². The zero-order valence-electron chi connectivity index (χ0n) is 20.9. The lowest BCUT2D eigenvalue weighted by Gasteiger charge is -2.42. The van der Waals surface area contributed by atoms with Crippen molar-refractivity contribution < 1.29 is 32.6 Å². The molecule has 1 saturated heterocycles. The molecule has 11 heteroatoms. The first kappa shape index (κ1) is 26.0. The number of nitrogens with one attached hydrogen (secondary N) is 1. The molecule has 1 amide bonds. The summed E-state index contributed by atoms with van der Waals surface area (Å²) in [5.74, 6) is -0.941. The number of carbonyl (C=O) groups is 2. The van der Waals surface area contributed by atoms with Crippen LogP contribution in [0.5, 0.6) is 0 Å². The Morgan fingerprint density at radius 2 is 2.03 bits per heavy atom. The highest BCUT2D eigenvalue weighted by Crippen LogP contribution is 2.33. The molecule has 1 fully saturated rings. The summed E-state index contributed by atoms with van der Waals surface area (Å²) < 4.78 is 47.0. The first-order valence-corrected chi connectivity index (χ1v) is 12.1. The Morgan fingerprint density at radius 1 is 1.25 bits per heavy atom. The molecule has 1 aromatic carbocycles. The third-order valence-corrected chi connectivity index (χ3v) is 6.16. The third kappa shape index (κ3) is 6.01. The van der Waals surface area contributed by atoms with Crippen LogP contribution in [0.25, 0.3) is 0 Å². The third-order valence-electron chi connectivity index (χ3n) is 6.16. The van der Waals surface area contributed by atoms with E-state index in [0.717, 1.165) is 24.0 Å². The van der Waals surface area contributed by atoms with Crippen LogP contribution in [-0.2, 0) is 27.3 Å². The van der Waals surface area contributed by atoms with Gasteiger partial charge in [0.1, 0.15) is 29.2 Å². The maximum atomic E-state index is 14.6. The fourth-order valence-electron chi connectivity index (χ4n) is 4.59. The van der Waals surface area contributed by atoms with Crippen molar-refractivity contribution >= 4 is 12.1 Å². The second kappa shape index (κ2) is 10.5. The number of esters is 1. The number of rotatable bonds is 5. The van der Waals surface area contributed by atoms with Crippen LogP contribution in [0.2, 0.25) is 0 Å². The van der Waals surface area contributed by atoms with Gasteiger partial charge in [-0.15, -0.1) is 0 Å². The van der Waals surface area contributed by atoms with Crippen molar-refractivity contribution in [2.45, 2.75) is 71.0 Å². The first-order chi connectivity index (χ1) is 17.0. The van der Waals surface area contributed by atoms with Gasteiger partial charge in [-0.1, -0.05) is 0 Å². The monoisotopic (exact) mass is 506 g/mol. The number of benzene rings is 1. The van der Waals surface area contributed by atoms with Crippen molar-refractivity contribution in [2.75, 3.05) is 19.8 Å². The summed E-state index contributed by atoms with van der Waals surface area (Å²) in [7, 11) is 0. The minimum Gasteiger partial charge on any atom is -0.461 e. The molecule has 1 aromatic heterocycles. The Labute approximate surface area is 208 Å². The predicted molar refractivity (Wildman–Crippen MR) is 125 cm³/mol. The number of nitrogens with zero attached hydrogens (tertiary/aromatic N) is 3. The van der Waals surface area contributed by atoms with Crippen LogP contribution >= 0.6 is 0 Å². The standard InChI is InChI=1S/C25H32F2N4O5/c1-5-34-23(32)20-12-31-9-8-30(13-21(31)28-20)16-11-19(29-24(33)36-25(2,3)4)22(35-14-16)17-10-15(26)6-7-18(17)27/h6-7,10,12,16,19,22H,5,8-9,11,13-14H2,1-4H3,(H,29,33)/t16-,19+,22-/m1/s1. The Kier molecular flexibility index (Phi) is 7.60. The van der Waals surface area contributed by atoms with E-state index in [-0.39, 0.29) is 30.5 Å². The van der Waals surface area contributed by atoms with Crippen molar-refractivity contribution in [3.63, 3.8) is 0 Å². The molecule has 4 rings (SSSR count). The number of hydrogen-bond acceptors (Lipinski definition) is 7. The van der Waals surface area contributed by atoms with Gasteiger partial charge >= 0.3 is 12.1 Å². The van der Waals surface area contributed by atoms with Gasteiger partial charge in [-0.25, -0.2) is 23.4 Å². The number of ether oxygens (including phenoxy) is 3. The van der Waals surface area contributed by atoms with Crippen LogP contribution in [0.4, 0.5) is 13.6 Å². The van der Waals surface area contributed by atoms with Crippen molar-refractivity contribution in [1.29, 1.82) is 0 Å². The maximum Gasteiger partial charge on any atom is 0.407 e. The maximum absolute atomic E-state index is 14.6. The average molecular weight is 507 g/mol. The molecule has 0 unspecified atom stereocenters. The van der Waals surface area contributed by atoms with Crippen molar-refractivity contribution in [2.24, 2.45) is 0 Å². The predicted octanol–water partition coefficient (Wildman–Crippen LogP) is 3.58. The second-order valence-electron chi connectivity index (χ2n) is 9.99. The fourth-order valence-corrected chi connectivity index (χ4v) is 4.59. The topological polar surface area (TPSA) is 94.9 Å². The SMILES string of the molecule is CCOC(=O)c1cn2c(n1)CN([C@H]1CO[C@H](c3cc(F)ccc3F)[C@@H](NC(=O)OC(C)(C)C)C1)CC2. The second-order valence-corrected chi connectivity index (χ2v) is 9.99. The smallest absolute Gasteiger partial charge is 0.407 e.